The van der Waals surface area contributed by atoms with Gasteiger partial charge in [0.1, 0.15) is 5.82 Å². The Labute approximate surface area is 118 Å². The molecule has 0 saturated carbocycles. The molecule has 0 amide bonds. The Morgan fingerprint density at radius 2 is 1.88 bits per heavy atom. The molecule has 0 saturated heterocycles. The van der Waals surface area contributed by atoms with Crippen molar-refractivity contribution in [2.45, 2.75) is 13.5 Å². The van der Waals surface area contributed by atoms with Crippen LogP contribution in [0.25, 0.3) is 0 Å². The van der Waals surface area contributed by atoms with Crippen LogP contribution < -0.4 is 5.32 Å². The van der Waals surface area contributed by atoms with E-state index in [0.29, 0.717) is 0 Å². The topological polar surface area (TPSA) is 24.9 Å². The number of hydrogen-bond donors (Lipinski definition) is 1. The fraction of sp³-hybridized carbons (Fsp3) is 0.154. The van der Waals surface area contributed by atoms with Crippen LogP contribution in [0.2, 0.25) is 0 Å². The predicted molar refractivity (Wildman–Crippen MR) is 78.1 cm³/mol. The number of rotatable bonds is 3. The maximum absolute atomic E-state index is 4.30. The SMILES string of the molecule is Cc1cc(NCc2ccc(Br)cc2)ncc1Br. The second-order valence-electron chi connectivity index (χ2n) is 3.80. The first-order valence-electron chi connectivity index (χ1n) is 5.25. The van der Waals surface area contributed by atoms with Crippen molar-refractivity contribution < 1.29 is 0 Å². The van der Waals surface area contributed by atoms with Gasteiger partial charge in [0, 0.05) is 21.7 Å². The summed E-state index contributed by atoms with van der Waals surface area (Å²) in [6.45, 7) is 2.83. The van der Waals surface area contributed by atoms with E-state index in [-0.39, 0.29) is 0 Å². The maximum Gasteiger partial charge on any atom is 0.126 e. The van der Waals surface area contributed by atoms with Crippen molar-refractivity contribution in [2.24, 2.45) is 0 Å². The van der Waals surface area contributed by atoms with Crippen molar-refractivity contribution >= 4 is 37.7 Å². The fourth-order valence-electron chi connectivity index (χ4n) is 1.43. The minimum Gasteiger partial charge on any atom is -0.366 e. The van der Waals surface area contributed by atoms with Crippen LogP contribution in [0.5, 0.6) is 0 Å². The standard InChI is InChI=1S/C13H12Br2N2/c1-9-6-13(17-8-12(9)15)16-7-10-2-4-11(14)5-3-10/h2-6,8H,7H2,1H3,(H,16,17). The van der Waals surface area contributed by atoms with Crippen molar-refractivity contribution in [2.75, 3.05) is 5.32 Å². The second-order valence-corrected chi connectivity index (χ2v) is 5.57. The van der Waals surface area contributed by atoms with Gasteiger partial charge in [-0.3, -0.25) is 0 Å². The van der Waals surface area contributed by atoms with Gasteiger partial charge in [0.25, 0.3) is 0 Å². The lowest BCUT2D eigenvalue weighted by atomic mass is 10.2. The summed E-state index contributed by atoms with van der Waals surface area (Å²) in [5.74, 6) is 0.897. The highest BCUT2D eigenvalue weighted by Gasteiger charge is 1.99. The molecule has 0 spiro atoms. The van der Waals surface area contributed by atoms with E-state index in [0.717, 1.165) is 21.3 Å². The molecular weight excluding hydrogens is 344 g/mol. The molecule has 2 aromatic rings. The molecule has 0 aliphatic carbocycles. The van der Waals surface area contributed by atoms with Crippen molar-refractivity contribution in [1.82, 2.24) is 4.98 Å². The Bertz CT molecular complexity index is 509. The second kappa shape index (κ2) is 5.65. The number of halogens is 2. The molecule has 0 fully saturated rings. The Morgan fingerprint density at radius 1 is 1.18 bits per heavy atom. The highest BCUT2D eigenvalue weighted by molar-refractivity contribution is 9.10. The third-order valence-corrected chi connectivity index (χ3v) is 3.79. The van der Waals surface area contributed by atoms with Crippen molar-refractivity contribution in [3.05, 3.63) is 56.6 Å². The summed E-state index contributed by atoms with van der Waals surface area (Å²) in [7, 11) is 0. The fourth-order valence-corrected chi connectivity index (χ4v) is 1.91. The van der Waals surface area contributed by atoms with E-state index in [1.165, 1.54) is 11.1 Å². The average molecular weight is 356 g/mol. The first-order valence-corrected chi connectivity index (χ1v) is 6.84. The minimum atomic E-state index is 0.779. The van der Waals surface area contributed by atoms with Crippen LogP contribution in [-0.2, 0) is 6.54 Å². The van der Waals surface area contributed by atoms with E-state index >= 15 is 0 Å². The van der Waals surface area contributed by atoms with E-state index in [9.17, 15) is 0 Å². The molecule has 0 bridgehead atoms. The summed E-state index contributed by atoms with van der Waals surface area (Å²) < 4.78 is 2.13. The van der Waals surface area contributed by atoms with Gasteiger partial charge in [-0.1, -0.05) is 28.1 Å². The summed E-state index contributed by atoms with van der Waals surface area (Å²) in [6.07, 6.45) is 1.82. The van der Waals surface area contributed by atoms with Crippen molar-refractivity contribution in [3.8, 4) is 0 Å². The number of nitrogens with one attached hydrogen (secondary N) is 1. The molecule has 1 heterocycles. The van der Waals surface area contributed by atoms with E-state index in [1.807, 2.05) is 24.4 Å². The first kappa shape index (κ1) is 12.6. The van der Waals surface area contributed by atoms with Crippen LogP contribution in [0.4, 0.5) is 5.82 Å². The molecule has 0 atom stereocenters. The van der Waals surface area contributed by atoms with Gasteiger partial charge < -0.3 is 5.32 Å². The van der Waals surface area contributed by atoms with Gasteiger partial charge in [0.15, 0.2) is 0 Å². The maximum atomic E-state index is 4.30. The van der Waals surface area contributed by atoms with Gasteiger partial charge in [0.05, 0.1) is 0 Å². The lowest BCUT2D eigenvalue weighted by Gasteiger charge is -2.07. The minimum absolute atomic E-state index is 0.779. The lowest BCUT2D eigenvalue weighted by Crippen LogP contribution is -2.01. The number of aryl methyl sites for hydroxylation is 1. The zero-order valence-corrected chi connectivity index (χ0v) is 12.5. The summed E-state index contributed by atoms with van der Waals surface area (Å²) >= 11 is 6.86. The smallest absolute Gasteiger partial charge is 0.126 e. The number of benzene rings is 1. The van der Waals surface area contributed by atoms with Crippen molar-refractivity contribution in [1.29, 1.82) is 0 Å². The summed E-state index contributed by atoms with van der Waals surface area (Å²) in [6, 6.07) is 10.3. The normalized spacial score (nSPS) is 10.3. The molecule has 1 aromatic carbocycles. The third-order valence-electron chi connectivity index (χ3n) is 2.43. The molecule has 0 aliphatic rings. The van der Waals surface area contributed by atoms with Crippen LogP contribution in [-0.4, -0.2) is 4.98 Å². The highest BCUT2D eigenvalue weighted by atomic mass is 79.9. The van der Waals surface area contributed by atoms with Crippen LogP contribution in [0.1, 0.15) is 11.1 Å². The third kappa shape index (κ3) is 3.54. The molecule has 0 unspecified atom stereocenters. The Kier molecular flexibility index (Phi) is 4.18. The Hall–Kier alpha value is -0.870. The summed E-state index contributed by atoms with van der Waals surface area (Å²) in [4.78, 5) is 4.30. The van der Waals surface area contributed by atoms with E-state index < -0.39 is 0 Å². The van der Waals surface area contributed by atoms with Crippen LogP contribution in [0.15, 0.2) is 45.5 Å². The van der Waals surface area contributed by atoms with Gasteiger partial charge in [-0.2, -0.15) is 0 Å². The number of aromatic nitrogens is 1. The number of nitrogens with zero attached hydrogens (tertiary/aromatic N) is 1. The van der Waals surface area contributed by atoms with Gasteiger partial charge >= 0.3 is 0 Å². The number of hydrogen-bond acceptors (Lipinski definition) is 2. The van der Waals surface area contributed by atoms with Crippen LogP contribution in [0.3, 0.4) is 0 Å². The van der Waals surface area contributed by atoms with E-state index in [2.05, 4.69) is 61.2 Å². The predicted octanol–water partition coefficient (Wildman–Crippen LogP) is 4.53. The molecule has 2 nitrogen and oxygen atoms in total. The van der Waals surface area contributed by atoms with Gasteiger partial charge in [-0.25, -0.2) is 4.98 Å². The molecule has 4 heteroatoms. The van der Waals surface area contributed by atoms with Crippen LogP contribution in [0, 0.1) is 6.92 Å². The van der Waals surface area contributed by atoms with Gasteiger partial charge in [-0.15, -0.1) is 0 Å². The number of anilines is 1. The lowest BCUT2D eigenvalue weighted by molar-refractivity contribution is 1.10. The molecule has 0 radical (unpaired) electrons. The summed E-state index contributed by atoms with van der Waals surface area (Å²) in [5, 5.41) is 3.30. The van der Waals surface area contributed by atoms with Gasteiger partial charge in [-0.05, 0) is 52.2 Å². The zero-order chi connectivity index (χ0) is 12.3. The first-order chi connectivity index (χ1) is 8.15. The van der Waals surface area contributed by atoms with E-state index in [1.54, 1.807) is 0 Å². The quantitative estimate of drug-likeness (QED) is 0.875. The molecule has 17 heavy (non-hydrogen) atoms. The average Bonchev–Trinajstić information content (AvgIpc) is 2.33. The largest absolute Gasteiger partial charge is 0.366 e. The Morgan fingerprint density at radius 3 is 2.53 bits per heavy atom. The van der Waals surface area contributed by atoms with E-state index in [4.69, 9.17) is 0 Å². The molecule has 88 valence electrons. The van der Waals surface area contributed by atoms with Gasteiger partial charge in [0.2, 0.25) is 0 Å². The summed E-state index contributed by atoms with van der Waals surface area (Å²) in [5.41, 5.74) is 2.41. The number of pyridine rings is 1. The molecule has 1 aromatic heterocycles. The molecule has 0 aliphatic heterocycles. The Balaban J connectivity index is 2.02. The molecule has 2 rings (SSSR count). The monoisotopic (exact) mass is 354 g/mol. The molecule has 1 N–H and O–H groups in total. The zero-order valence-electron chi connectivity index (χ0n) is 9.37. The molecular formula is C13H12Br2N2. The highest BCUT2D eigenvalue weighted by Crippen LogP contribution is 2.18. The van der Waals surface area contributed by atoms with Crippen molar-refractivity contribution in [3.63, 3.8) is 0 Å². The van der Waals surface area contributed by atoms with Crippen LogP contribution >= 0.6 is 31.9 Å².